The largest absolute Gasteiger partial charge is 0.316 e. The predicted molar refractivity (Wildman–Crippen MR) is 68.3 cm³/mol. The van der Waals surface area contributed by atoms with Gasteiger partial charge < -0.3 is 5.32 Å². The summed E-state index contributed by atoms with van der Waals surface area (Å²) in [6, 6.07) is 0. The van der Waals surface area contributed by atoms with Gasteiger partial charge in [-0.05, 0) is 30.6 Å². The van der Waals surface area contributed by atoms with Gasteiger partial charge in [-0.25, -0.2) is 8.42 Å². The van der Waals surface area contributed by atoms with E-state index in [1.807, 2.05) is 6.92 Å². The molecule has 1 aliphatic rings. The van der Waals surface area contributed by atoms with Gasteiger partial charge in [0.25, 0.3) is 0 Å². The Bertz CT molecular complexity index is 305. The van der Waals surface area contributed by atoms with E-state index in [4.69, 9.17) is 0 Å². The molecule has 0 spiro atoms. The van der Waals surface area contributed by atoms with E-state index in [0.29, 0.717) is 17.4 Å². The average Bonchev–Trinajstić information content (AvgIpc) is 2.09. The van der Waals surface area contributed by atoms with Crippen molar-refractivity contribution in [1.82, 2.24) is 5.32 Å². The summed E-state index contributed by atoms with van der Waals surface area (Å²) in [5, 5.41) is 3.28. The van der Waals surface area contributed by atoms with E-state index in [-0.39, 0.29) is 5.41 Å². The quantitative estimate of drug-likeness (QED) is 0.746. The van der Waals surface area contributed by atoms with Crippen molar-refractivity contribution < 1.29 is 8.42 Å². The van der Waals surface area contributed by atoms with Crippen LogP contribution in [0.1, 0.15) is 40.0 Å². The zero-order valence-electron chi connectivity index (χ0n) is 10.8. The Hall–Kier alpha value is -0.0900. The molecule has 0 aromatic heterocycles. The predicted octanol–water partition coefficient (Wildman–Crippen LogP) is 1.84. The molecule has 0 aromatic rings. The Morgan fingerprint density at radius 2 is 1.88 bits per heavy atom. The Morgan fingerprint density at radius 1 is 1.25 bits per heavy atom. The van der Waals surface area contributed by atoms with Crippen molar-refractivity contribution in [3.63, 3.8) is 0 Å². The molecule has 1 heterocycles. The summed E-state index contributed by atoms with van der Waals surface area (Å²) in [7, 11) is -2.80. The highest BCUT2D eigenvalue weighted by molar-refractivity contribution is 7.91. The maximum atomic E-state index is 11.7. The van der Waals surface area contributed by atoms with Crippen LogP contribution in [0.15, 0.2) is 0 Å². The first-order chi connectivity index (χ1) is 7.39. The first-order valence-electron chi connectivity index (χ1n) is 6.30. The maximum absolute atomic E-state index is 11.7. The third-order valence-electron chi connectivity index (χ3n) is 3.30. The monoisotopic (exact) mass is 247 g/mol. The molecule has 1 N–H and O–H groups in total. The summed E-state index contributed by atoms with van der Waals surface area (Å²) in [6.07, 6.45) is 2.71. The maximum Gasteiger partial charge on any atom is 0.150 e. The van der Waals surface area contributed by atoms with Crippen LogP contribution in [0.4, 0.5) is 0 Å². The van der Waals surface area contributed by atoms with Gasteiger partial charge in [-0.1, -0.05) is 20.8 Å². The van der Waals surface area contributed by atoms with E-state index in [1.54, 1.807) is 0 Å². The second kappa shape index (κ2) is 5.50. The molecule has 3 nitrogen and oxygen atoms in total. The van der Waals surface area contributed by atoms with Gasteiger partial charge in [-0.15, -0.1) is 0 Å². The fourth-order valence-corrected chi connectivity index (χ4v) is 4.12. The van der Waals surface area contributed by atoms with Crippen LogP contribution in [-0.4, -0.2) is 33.0 Å². The van der Waals surface area contributed by atoms with Crippen molar-refractivity contribution in [1.29, 1.82) is 0 Å². The highest BCUT2D eigenvalue weighted by Gasteiger charge is 2.37. The van der Waals surface area contributed by atoms with Crippen molar-refractivity contribution in [2.45, 2.75) is 40.0 Å². The van der Waals surface area contributed by atoms with E-state index in [0.717, 1.165) is 32.4 Å². The Labute approximate surface area is 99.9 Å². The smallest absolute Gasteiger partial charge is 0.150 e. The molecule has 96 valence electrons. The molecule has 1 saturated heterocycles. The van der Waals surface area contributed by atoms with Crippen molar-refractivity contribution in [3.05, 3.63) is 0 Å². The van der Waals surface area contributed by atoms with Crippen LogP contribution in [0.25, 0.3) is 0 Å². The second-order valence-corrected chi connectivity index (χ2v) is 7.91. The highest BCUT2D eigenvalue weighted by atomic mass is 32.2. The van der Waals surface area contributed by atoms with Gasteiger partial charge in [0.2, 0.25) is 0 Å². The zero-order chi connectivity index (χ0) is 12.2. The Morgan fingerprint density at radius 3 is 2.25 bits per heavy atom. The summed E-state index contributed by atoms with van der Waals surface area (Å²) in [6.45, 7) is 8.33. The van der Waals surface area contributed by atoms with Crippen LogP contribution >= 0.6 is 0 Å². The molecule has 4 heteroatoms. The zero-order valence-corrected chi connectivity index (χ0v) is 11.6. The number of rotatable bonds is 7. The number of hydrogen-bond donors (Lipinski definition) is 1. The number of sulfone groups is 1. The first kappa shape index (κ1) is 14.0. The first-order valence-corrected chi connectivity index (χ1v) is 8.12. The molecule has 0 unspecified atom stereocenters. The Kier molecular flexibility index (Phi) is 4.80. The molecule has 0 atom stereocenters. The van der Waals surface area contributed by atoms with Crippen LogP contribution in [0.3, 0.4) is 0 Å². The summed E-state index contributed by atoms with van der Waals surface area (Å²) >= 11 is 0. The van der Waals surface area contributed by atoms with Crippen molar-refractivity contribution in [2.75, 3.05) is 24.6 Å². The van der Waals surface area contributed by atoms with Crippen LogP contribution < -0.4 is 5.32 Å². The van der Waals surface area contributed by atoms with Gasteiger partial charge >= 0.3 is 0 Å². The third kappa shape index (κ3) is 4.06. The fourth-order valence-electron chi connectivity index (χ4n) is 2.55. The van der Waals surface area contributed by atoms with Gasteiger partial charge in [0.15, 0.2) is 0 Å². The molecule has 1 fully saturated rings. The van der Waals surface area contributed by atoms with Crippen molar-refractivity contribution >= 4 is 9.84 Å². The van der Waals surface area contributed by atoms with Crippen molar-refractivity contribution in [3.8, 4) is 0 Å². The van der Waals surface area contributed by atoms with Crippen LogP contribution in [0.2, 0.25) is 0 Å². The number of nitrogens with one attached hydrogen (secondary N) is 1. The summed E-state index contributed by atoms with van der Waals surface area (Å²) < 4.78 is 23.4. The number of hydrogen-bond acceptors (Lipinski definition) is 3. The molecule has 0 bridgehead atoms. The van der Waals surface area contributed by atoms with Crippen molar-refractivity contribution in [2.24, 2.45) is 11.3 Å². The molecule has 1 aliphatic heterocycles. The highest BCUT2D eigenvalue weighted by Crippen LogP contribution is 2.34. The van der Waals surface area contributed by atoms with Gasteiger partial charge in [-0.2, -0.15) is 0 Å². The molecule has 16 heavy (non-hydrogen) atoms. The molecule has 1 rings (SSSR count). The lowest BCUT2D eigenvalue weighted by molar-refractivity contribution is 0.126. The lowest BCUT2D eigenvalue weighted by Crippen LogP contribution is -2.54. The molecule has 0 saturated carbocycles. The van der Waals surface area contributed by atoms with Crippen LogP contribution in [-0.2, 0) is 9.84 Å². The lowest BCUT2D eigenvalue weighted by Gasteiger charge is -2.44. The fraction of sp³-hybridized carbons (Fsp3) is 1.00. The summed E-state index contributed by atoms with van der Waals surface area (Å²) in [5.74, 6) is 1.36. The summed E-state index contributed by atoms with van der Waals surface area (Å²) in [4.78, 5) is 0. The molecule has 0 amide bonds. The van der Waals surface area contributed by atoms with Gasteiger partial charge in [0.05, 0.1) is 5.75 Å². The normalized spacial score (nSPS) is 19.8. The van der Waals surface area contributed by atoms with E-state index in [9.17, 15) is 8.42 Å². The Balaban J connectivity index is 2.46. The minimum Gasteiger partial charge on any atom is -0.316 e. The topological polar surface area (TPSA) is 46.2 Å². The third-order valence-corrected chi connectivity index (χ3v) is 5.16. The van der Waals surface area contributed by atoms with E-state index in [2.05, 4.69) is 19.2 Å². The lowest BCUT2D eigenvalue weighted by atomic mass is 9.73. The van der Waals surface area contributed by atoms with E-state index >= 15 is 0 Å². The average molecular weight is 247 g/mol. The molecule has 0 aromatic carbocycles. The molecular weight excluding hydrogens is 222 g/mol. The molecule has 0 radical (unpaired) electrons. The SMILES string of the molecule is CCCS(=O)(=O)CCC1(CC(C)C)CNC1. The minimum atomic E-state index is -2.80. The van der Waals surface area contributed by atoms with Crippen LogP contribution in [0.5, 0.6) is 0 Å². The van der Waals surface area contributed by atoms with Gasteiger partial charge in [0.1, 0.15) is 9.84 Å². The van der Waals surface area contributed by atoms with E-state index in [1.165, 1.54) is 0 Å². The summed E-state index contributed by atoms with van der Waals surface area (Å²) in [5.41, 5.74) is 0.259. The van der Waals surface area contributed by atoms with Gasteiger partial charge in [-0.3, -0.25) is 0 Å². The standard InChI is InChI=1S/C12H25NO2S/c1-4-6-16(14,15)7-5-12(8-11(2)3)9-13-10-12/h11,13H,4-10H2,1-3H3. The molecular formula is C12H25NO2S. The van der Waals surface area contributed by atoms with Crippen LogP contribution in [0, 0.1) is 11.3 Å². The second-order valence-electron chi connectivity index (χ2n) is 5.60. The van der Waals surface area contributed by atoms with Gasteiger partial charge in [0, 0.05) is 18.8 Å². The van der Waals surface area contributed by atoms with E-state index < -0.39 is 9.84 Å². The minimum absolute atomic E-state index is 0.259. The molecule has 0 aliphatic carbocycles.